The molecule has 0 radical (unpaired) electrons. The molecule has 0 aromatic heterocycles. The number of esters is 3. The van der Waals surface area contributed by atoms with Crippen molar-refractivity contribution < 1.29 is 28.6 Å². The van der Waals surface area contributed by atoms with Crippen LogP contribution in [0, 0.1) is 0 Å². The predicted molar refractivity (Wildman–Crippen MR) is 243 cm³/mol. The van der Waals surface area contributed by atoms with Crippen LogP contribution in [-0.2, 0) is 28.6 Å². The van der Waals surface area contributed by atoms with Crippen LogP contribution >= 0.6 is 0 Å². The minimum absolute atomic E-state index is 0.0691. The SMILES string of the molecule is CCCC/C=C\CCCCCCCC(=O)OC(COC(=O)CCCCCCCCC)COC(=O)CCCCCCCCCCCCCCCCCCCCCCC. The molecule has 0 saturated carbocycles. The molecule has 0 saturated heterocycles. The smallest absolute Gasteiger partial charge is 0.306 e. The number of unbranched alkanes of at least 4 members (excludes halogenated alkanes) is 33. The Bertz CT molecular complexity index is 885. The number of ether oxygens (including phenoxy) is 3. The summed E-state index contributed by atoms with van der Waals surface area (Å²) in [6.45, 7) is 6.58. The monoisotopic (exact) mass is 805 g/mol. The lowest BCUT2D eigenvalue weighted by Gasteiger charge is -2.18. The molecule has 6 nitrogen and oxygen atoms in total. The summed E-state index contributed by atoms with van der Waals surface area (Å²) in [5.74, 6) is -0.874. The fraction of sp³-hybridized carbons (Fsp3) is 0.902. The van der Waals surface area contributed by atoms with Crippen molar-refractivity contribution in [2.75, 3.05) is 13.2 Å². The van der Waals surface area contributed by atoms with Crippen LogP contribution in [0.15, 0.2) is 12.2 Å². The molecule has 0 N–H and O–H groups in total. The zero-order valence-corrected chi connectivity index (χ0v) is 38.4. The minimum Gasteiger partial charge on any atom is -0.462 e. The summed E-state index contributed by atoms with van der Waals surface area (Å²) >= 11 is 0. The highest BCUT2D eigenvalue weighted by molar-refractivity contribution is 5.71. The second-order valence-corrected chi connectivity index (χ2v) is 17.1. The lowest BCUT2D eigenvalue weighted by Crippen LogP contribution is -2.30. The molecule has 0 aliphatic rings. The Balaban J connectivity index is 4.12. The van der Waals surface area contributed by atoms with Crippen molar-refractivity contribution in [3.8, 4) is 0 Å². The first kappa shape index (κ1) is 55.2. The Morgan fingerprint density at radius 1 is 0.333 bits per heavy atom. The summed E-state index contributed by atoms with van der Waals surface area (Å²) in [6.07, 6.45) is 50.8. The number of carbonyl (C=O) groups is 3. The van der Waals surface area contributed by atoms with E-state index >= 15 is 0 Å². The summed E-state index contributed by atoms with van der Waals surface area (Å²) in [5, 5.41) is 0. The summed E-state index contributed by atoms with van der Waals surface area (Å²) in [6, 6.07) is 0. The van der Waals surface area contributed by atoms with Crippen LogP contribution in [0.4, 0.5) is 0 Å². The van der Waals surface area contributed by atoms with E-state index in [-0.39, 0.29) is 31.1 Å². The van der Waals surface area contributed by atoms with Crippen LogP contribution in [0.25, 0.3) is 0 Å². The third kappa shape index (κ3) is 45.1. The van der Waals surface area contributed by atoms with E-state index in [0.717, 1.165) is 64.2 Å². The van der Waals surface area contributed by atoms with Crippen molar-refractivity contribution in [2.24, 2.45) is 0 Å². The molecule has 0 heterocycles. The number of hydrogen-bond acceptors (Lipinski definition) is 6. The first-order chi connectivity index (χ1) is 28.0. The van der Waals surface area contributed by atoms with Crippen molar-refractivity contribution in [3.05, 3.63) is 12.2 Å². The van der Waals surface area contributed by atoms with Gasteiger partial charge in [-0.2, -0.15) is 0 Å². The third-order valence-corrected chi connectivity index (χ3v) is 11.3. The molecule has 0 fully saturated rings. The number of hydrogen-bond donors (Lipinski definition) is 0. The topological polar surface area (TPSA) is 78.9 Å². The number of allylic oxidation sites excluding steroid dienone is 2. The van der Waals surface area contributed by atoms with E-state index in [1.54, 1.807) is 0 Å². The minimum atomic E-state index is -0.765. The van der Waals surface area contributed by atoms with Gasteiger partial charge >= 0.3 is 17.9 Å². The molecule has 0 rings (SSSR count). The fourth-order valence-electron chi connectivity index (χ4n) is 7.42. The highest BCUT2D eigenvalue weighted by atomic mass is 16.6. The molecule has 0 aromatic rings. The molecule has 6 heteroatoms. The molecular weight excluding hydrogens is 709 g/mol. The Morgan fingerprint density at radius 3 is 0.930 bits per heavy atom. The predicted octanol–water partition coefficient (Wildman–Crippen LogP) is 16.2. The van der Waals surface area contributed by atoms with Crippen LogP contribution in [-0.4, -0.2) is 37.2 Å². The average molecular weight is 805 g/mol. The van der Waals surface area contributed by atoms with Crippen molar-refractivity contribution in [1.29, 1.82) is 0 Å². The molecule has 0 bridgehead atoms. The van der Waals surface area contributed by atoms with E-state index < -0.39 is 6.10 Å². The van der Waals surface area contributed by atoms with Crippen LogP contribution in [0.2, 0.25) is 0 Å². The van der Waals surface area contributed by atoms with Crippen molar-refractivity contribution in [2.45, 2.75) is 284 Å². The van der Waals surface area contributed by atoms with Gasteiger partial charge in [-0.15, -0.1) is 0 Å². The number of carbonyl (C=O) groups excluding carboxylic acids is 3. The van der Waals surface area contributed by atoms with Gasteiger partial charge in [0.05, 0.1) is 0 Å². The van der Waals surface area contributed by atoms with E-state index in [0.29, 0.717) is 19.3 Å². The van der Waals surface area contributed by atoms with Gasteiger partial charge in [0.15, 0.2) is 6.10 Å². The van der Waals surface area contributed by atoms with Crippen LogP contribution < -0.4 is 0 Å². The largest absolute Gasteiger partial charge is 0.462 e. The summed E-state index contributed by atoms with van der Waals surface area (Å²) in [7, 11) is 0. The molecular formula is C51H96O6. The van der Waals surface area contributed by atoms with E-state index in [1.807, 2.05) is 0 Å². The lowest BCUT2D eigenvalue weighted by molar-refractivity contribution is -0.167. The van der Waals surface area contributed by atoms with Gasteiger partial charge in [0.25, 0.3) is 0 Å². The highest BCUT2D eigenvalue weighted by Crippen LogP contribution is 2.16. The highest BCUT2D eigenvalue weighted by Gasteiger charge is 2.19. The van der Waals surface area contributed by atoms with Gasteiger partial charge < -0.3 is 14.2 Å². The quantitative estimate of drug-likeness (QED) is 0.0264. The van der Waals surface area contributed by atoms with Gasteiger partial charge in [-0.05, 0) is 38.5 Å². The maximum atomic E-state index is 12.7. The van der Waals surface area contributed by atoms with E-state index in [1.165, 1.54) is 173 Å². The van der Waals surface area contributed by atoms with Gasteiger partial charge in [0, 0.05) is 19.3 Å². The van der Waals surface area contributed by atoms with Gasteiger partial charge in [-0.3, -0.25) is 14.4 Å². The summed E-state index contributed by atoms with van der Waals surface area (Å²) in [5.41, 5.74) is 0. The van der Waals surface area contributed by atoms with Crippen LogP contribution in [0.5, 0.6) is 0 Å². The normalized spacial score (nSPS) is 12.0. The van der Waals surface area contributed by atoms with Crippen LogP contribution in [0.3, 0.4) is 0 Å². The fourth-order valence-corrected chi connectivity index (χ4v) is 7.42. The Morgan fingerprint density at radius 2 is 0.596 bits per heavy atom. The second kappa shape index (κ2) is 46.8. The Hall–Kier alpha value is -1.85. The first-order valence-corrected chi connectivity index (χ1v) is 25.2. The maximum absolute atomic E-state index is 12.7. The van der Waals surface area contributed by atoms with Gasteiger partial charge in [-0.25, -0.2) is 0 Å². The van der Waals surface area contributed by atoms with Gasteiger partial charge in [0.1, 0.15) is 13.2 Å². The van der Waals surface area contributed by atoms with E-state index in [9.17, 15) is 14.4 Å². The van der Waals surface area contributed by atoms with E-state index in [4.69, 9.17) is 14.2 Å². The standard InChI is InChI=1S/C51H96O6/c1-4-7-10-13-16-18-20-21-22-23-24-25-26-27-28-29-31-32-35-38-41-44-50(53)56-47-48(46-55-49(52)43-40-37-34-15-12-9-6-3)57-51(54)45-42-39-36-33-30-19-17-14-11-8-5-2/h14,17,48H,4-13,15-16,18-47H2,1-3H3/b17-14-. The lowest BCUT2D eigenvalue weighted by atomic mass is 10.0. The van der Waals surface area contributed by atoms with Crippen molar-refractivity contribution in [3.63, 3.8) is 0 Å². The average Bonchev–Trinajstić information content (AvgIpc) is 3.21. The molecule has 336 valence electrons. The van der Waals surface area contributed by atoms with Crippen molar-refractivity contribution >= 4 is 17.9 Å². The Kier molecular flexibility index (Phi) is 45.3. The second-order valence-electron chi connectivity index (χ2n) is 17.1. The van der Waals surface area contributed by atoms with Gasteiger partial charge in [0.2, 0.25) is 0 Å². The molecule has 0 aliphatic heterocycles. The molecule has 1 unspecified atom stereocenters. The molecule has 0 amide bonds. The molecule has 57 heavy (non-hydrogen) atoms. The molecule has 0 aliphatic carbocycles. The van der Waals surface area contributed by atoms with Crippen molar-refractivity contribution in [1.82, 2.24) is 0 Å². The summed E-state index contributed by atoms with van der Waals surface area (Å²) in [4.78, 5) is 37.7. The third-order valence-electron chi connectivity index (χ3n) is 11.3. The van der Waals surface area contributed by atoms with Crippen LogP contribution in [0.1, 0.15) is 278 Å². The summed E-state index contributed by atoms with van der Waals surface area (Å²) < 4.78 is 16.7. The zero-order chi connectivity index (χ0) is 41.5. The van der Waals surface area contributed by atoms with E-state index in [2.05, 4.69) is 32.9 Å². The Labute approximate surface area is 354 Å². The molecule has 0 spiro atoms. The maximum Gasteiger partial charge on any atom is 0.306 e. The number of rotatable bonds is 46. The first-order valence-electron chi connectivity index (χ1n) is 25.2. The molecule has 0 aromatic carbocycles. The molecule has 1 atom stereocenters. The zero-order valence-electron chi connectivity index (χ0n) is 38.4. The van der Waals surface area contributed by atoms with Gasteiger partial charge in [-0.1, -0.05) is 232 Å².